The van der Waals surface area contributed by atoms with Gasteiger partial charge in [-0.05, 0) is 31.2 Å². The summed E-state index contributed by atoms with van der Waals surface area (Å²) in [6, 6.07) is 14.1. The quantitative estimate of drug-likeness (QED) is 0.743. The van der Waals surface area contributed by atoms with E-state index in [1.54, 1.807) is 6.92 Å². The monoisotopic (exact) mass is 259 g/mol. The Morgan fingerprint density at radius 2 is 1.83 bits per heavy atom. The molecule has 0 unspecified atom stereocenters. The van der Waals surface area contributed by atoms with Gasteiger partial charge in [0.1, 0.15) is 0 Å². The Bertz CT molecular complexity index is 715. The lowest BCUT2D eigenvalue weighted by Crippen LogP contribution is -2.11. The maximum absolute atomic E-state index is 9.65. The topological polar surface area (TPSA) is 25.2 Å². The largest absolute Gasteiger partial charge is 0.392 e. The Balaban J connectivity index is 2.42. The van der Waals surface area contributed by atoms with Crippen LogP contribution in [0.1, 0.15) is 6.92 Å². The minimum absolute atomic E-state index is 0.375. The summed E-state index contributed by atoms with van der Waals surface area (Å²) < 4.78 is 2.14. The van der Waals surface area contributed by atoms with Crippen LogP contribution in [-0.2, 0) is 6.54 Å². The second-order valence-electron chi connectivity index (χ2n) is 4.64. The third kappa shape index (κ3) is 1.78. The summed E-state index contributed by atoms with van der Waals surface area (Å²) in [7, 11) is 0. The van der Waals surface area contributed by atoms with Crippen LogP contribution in [0.4, 0.5) is 0 Å². The fraction of sp³-hybridized carbons (Fsp3) is 0.200. The van der Waals surface area contributed by atoms with Crippen molar-refractivity contribution in [3.8, 4) is 0 Å². The first-order valence-electron chi connectivity index (χ1n) is 6.01. The summed E-state index contributed by atoms with van der Waals surface area (Å²) in [6.45, 7) is 2.39. The number of aliphatic hydroxyl groups excluding tert-OH is 1. The van der Waals surface area contributed by atoms with Crippen molar-refractivity contribution < 1.29 is 5.11 Å². The van der Waals surface area contributed by atoms with E-state index in [1.165, 1.54) is 5.39 Å². The molecule has 1 atom stereocenters. The van der Waals surface area contributed by atoms with Gasteiger partial charge in [-0.25, -0.2) is 0 Å². The number of aromatic nitrogens is 1. The van der Waals surface area contributed by atoms with Crippen molar-refractivity contribution >= 4 is 33.4 Å². The highest BCUT2D eigenvalue weighted by molar-refractivity contribution is 6.31. The Labute approximate surface area is 110 Å². The third-order valence-corrected chi connectivity index (χ3v) is 3.42. The number of rotatable bonds is 2. The molecule has 1 heterocycles. The minimum atomic E-state index is -0.375. The Hall–Kier alpha value is -1.51. The molecule has 0 spiro atoms. The van der Waals surface area contributed by atoms with Crippen LogP contribution in [0.5, 0.6) is 0 Å². The summed E-state index contributed by atoms with van der Waals surface area (Å²) >= 11 is 6.08. The predicted molar refractivity (Wildman–Crippen MR) is 76.1 cm³/mol. The number of halogens is 1. The van der Waals surface area contributed by atoms with Crippen LogP contribution >= 0.6 is 11.6 Å². The standard InChI is InChI=1S/C15H14ClNO/c1-10(18)9-17-14-5-3-2-4-12(14)13-8-11(16)6-7-15(13)17/h2-8,10,18H,9H2,1H3/t10-/m0/s1. The molecular weight excluding hydrogens is 246 g/mol. The molecule has 0 saturated carbocycles. The van der Waals surface area contributed by atoms with Crippen LogP contribution in [0.3, 0.4) is 0 Å². The van der Waals surface area contributed by atoms with Crippen molar-refractivity contribution in [1.82, 2.24) is 4.57 Å². The molecule has 0 aliphatic heterocycles. The molecule has 0 radical (unpaired) electrons. The van der Waals surface area contributed by atoms with Crippen molar-refractivity contribution in [2.75, 3.05) is 0 Å². The average Bonchev–Trinajstić information content (AvgIpc) is 2.64. The maximum Gasteiger partial charge on any atom is 0.0691 e. The Morgan fingerprint density at radius 1 is 1.11 bits per heavy atom. The van der Waals surface area contributed by atoms with Crippen molar-refractivity contribution in [3.05, 3.63) is 47.5 Å². The molecule has 0 aliphatic carbocycles. The fourth-order valence-corrected chi connectivity index (χ4v) is 2.66. The highest BCUT2D eigenvalue weighted by atomic mass is 35.5. The lowest BCUT2D eigenvalue weighted by Gasteiger charge is -2.09. The molecule has 2 nitrogen and oxygen atoms in total. The molecule has 18 heavy (non-hydrogen) atoms. The zero-order valence-corrected chi connectivity index (χ0v) is 10.9. The minimum Gasteiger partial charge on any atom is -0.392 e. The van der Waals surface area contributed by atoms with Gasteiger partial charge in [-0.2, -0.15) is 0 Å². The highest BCUT2D eigenvalue weighted by Gasteiger charge is 2.11. The molecule has 3 heteroatoms. The number of hydrogen-bond donors (Lipinski definition) is 1. The fourth-order valence-electron chi connectivity index (χ4n) is 2.49. The number of para-hydroxylation sites is 1. The summed E-state index contributed by atoms with van der Waals surface area (Å²) in [4.78, 5) is 0. The summed E-state index contributed by atoms with van der Waals surface area (Å²) in [5.41, 5.74) is 2.25. The van der Waals surface area contributed by atoms with E-state index in [2.05, 4.69) is 16.7 Å². The summed E-state index contributed by atoms with van der Waals surface area (Å²) in [5.74, 6) is 0. The second-order valence-corrected chi connectivity index (χ2v) is 5.07. The van der Waals surface area contributed by atoms with Crippen molar-refractivity contribution in [2.45, 2.75) is 19.6 Å². The van der Waals surface area contributed by atoms with Crippen LogP contribution in [0.2, 0.25) is 5.02 Å². The smallest absolute Gasteiger partial charge is 0.0691 e. The van der Waals surface area contributed by atoms with Gasteiger partial charge in [-0.1, -0.05) is 29.8 Å². The van der Waals surface area contributed by atoms with Crippen LogP contribution in [0.15, 0.2) is 42.5 Å². The Kier molecular flexibility index (Phi) is 2.77. The van der Waals surface area contributed by atoms with Gasteiger partial charge >= 0.3 is 0 Å². The lowest BCUT2D eigenvalue weighted by molar-refractivity contribution is 0.176. The molecule has 3 rings (SSSR count). The SMILES string of the molecule is C[C@H](O)Cn1c2ccccc2c2cc(Cl)ccc21. The van der Waals surface area contributed by atoms with Gasteiger partial charge in [-0.15, -0.1) is 0 Å². The molecule has 0 amide bonds. The summed E-state index contributed by atoms with van der Waals surface area (Å²) in [6.07, 6.45) is -0.375. The first-order valence-corrected chi connectivity index (χ1v) is 6.39. The first kappa shape index (κ1) is 11.6. The second kappa shape index (κ2) is 4.30. The predicted octanol–water partition coefficient (Wildman–Crippen LogP) is 3.83. The van der Waals surface area contributed by atoms with Gasteiger partial charge in [0.2, 0.25) is 0 Å². The van der Waals surface area contributed by atoms with Crippen LogP contribution in [-0.4, -0.2) is 15.8 Å². The van der Waals surface area contributed by atoms with E-state index in [0.29, 0.717) is 6.54 Å². The van der Waals surface area contributed by atoms with Gasteiger partial charge < -0.3 is 9.67 Å². The Morgan fingerprint density at radius 3 is 2.61 bits per heavy atom. The first-order chi connectivity index (χ1) is 8.66. The molecule has 1 N–H and O–H groups in total. The molecule has 1 aromatic heterocycles. The molecular formula is C15H14ClNO. The molecule has 0 bridgehead atoms. The normalized spacial score (nSPS) is 13.3. The van der Waals surface area contributed by atoms with E-state index in [0.717, 1.165) is 21.4 Å². The molecule has 92 valence electrons. The van der Waals surface area contributed by atoms with Crippen molar-refractivity contribution in [2.24, 2.45) is 0 Å². The van der Waals surface area contributed by atoms with Gasteiger partial charge in [0.25, 0.3) is 0 Å². The number of fused-ring (bicyclic) bond motifs is 3. The van der Waals surface area contributed by atoms with Crippen LogP contribution in [0, 0.1) is 0 Å². The van der Waals surface area contributed by atoms with Gasteiger partial charge in [0.15, 0.2) is 0 Å². The van der Waals surface area contributed by atoms with E-state index in [9.17, 15) is 5.11 Å². The van der Waals surface area contributed by atoms with Gasteiger partial charge in [0.05, 0.1) is 6.10 Å². The van der Waals surface area contributed by atoms with E-state index in [1.807, 2.05) is 30.3 Å². The molecule has 2 aromatic carbocycles. The van der Waals surface area contributed by atoms with Crippen LogP contribution in [0.25, 0.3) is 21.8 Å². The number of aliphatic hydroxyl groups is 1. The number of nitrogens with zero attached hydrogens (tertiary/aromatic N) is 1. The van der Waals surface area contributed by atoms with Crippen molar-refractivity contribution in [3.63, 3.8) is 0 Å². The number of hydrogen-bond acceptors (Lipinski definition) is 1. The summed E-state index contributed by atoms with van der Waals surface area (Å²) in [5, 5.41) is 12.7. The maximum atomic E-state index is 9.65. The van der Waals surface area contributed by atoms with Crippen molar-refractivity contribution in [1.29, 1.82) is 0 Å². The molecule has 0 saturated heterocycles. The average molecular weight is 260 g/mol. The van der Waals surface area contributed by atoms with Gasteiger partial charge in [0, 0.05) is 33.4 Å². The lowest BCUT2D eigenvalue weighted by atomic mass is 10.2. The van der Waals surface area contributed by atoms with E-state index >= 15 is 0 Å². The zero-order chi connectivity index (χ0) is 12.7. The van der Waals surface area contributed by atoms with E-state index in [-0.39, 0.29) is 6.10 Å². The highest BCUT2D eigenvalue weighted by Crippen LogP contribution is 2.31. The molecule has 0 aliphatic rings. The molecule has 0 fully saturated rings. The van der Waals surface area contributed by atoms with E-state index in [4.69, 9.17) is 11.6 Å². The van der Waals surface area contributed by atoms with E-state index < -0.39 is 0 Å². The molecule has 3 aromatic rings. The zero-order valence-electron chi connectivity index (χ0n) is 10.1. The van der Waals surface area contributed by atoms with Crippen LogP contribution < -0.4 is 0 Å². The number of benzene rings is 2. The van der Waals surface area contributed by atoms with Gasteiger partial charge in [-0.3, -0.25) is 0 Å². The third-order valence-electron chi connectivity index (χ3n) is 3.18.